The fraction of sp³-hybridized carbons (Fsp3) is 0.281. The second kappa shape index (κ2) is 48.4. The summed E-state index contributed by atoms with van der Waals surface area (Å²) in [6.07, 6.45) is 4.14. The number of benzene rings is 17. The van der Waals surface area contributed by atoms with E-state index in [-0.39, 0.29) is 0 Å². The van der Waals surface area contributed by atoms with Crippen LogP contribution in [0.5, 0.6) is 0 Å². The van der Waals surface area contributed by atoms with Gasteiger partial charge in [-0.25, -0.2) is 0 Å². The molecule has 132 heavy (non-hydrogen) atoms. The lowest BCUT2D eigenvalue weighted by Crippen LogP contribution is -1.94. The lowest BCUT2D eigenvalue weighted by molar-refractivity contribution is 0.827. The molecule has 4 heterocycles. The van der Waals surface area contributed by atoms with Crippen LogP contribution in [0.3, 0.4) is 0 Å². The standard InChI is InChI=1S/C29H21N.3C25H19N.12C2H6/c1-2-30-26-14-12-21-16-22-15-19-8-3-4-9-20(19)17-25(22)27(21)28(26)24-13-11-18-7-5-6-10-23(18)29(24)30;1-2-26-22-13-11-16-7-3-6-10-19(16)24(22)25-21-15-17-8-4-5-9-18(17)20(21)12-14-23(25)26;1-2-26-23-14-13-20-18-9-5-4-8-17(18)15-22(20)24(23)21-12-11-16-7-3-6-10-19(16)25(21)26;1-2-26-23-12-11-20-19-10-6-5-9-18(19)14-21(20)25(23)22-13-16-7-3-4-8-17(16)15-24(22)26;12*1-2/h3-15,17H,2,16H2,1H3;2*3-14H,2,15H2,1H3;3-13,15H,2,14H2,1H3;12*1-2H3. The van der Waals surface area contributed by atoms with E-state index in [9.17, 15) is 0 Å². The van der Waals surface area contributed by atoms with Crippen LogP contribution in [-0.4, -0.2) is 18.3 Å². The molecule has 682 valence electrons. The van der Waals surface area contributed by atoms with E-state index < -0.39 is 0 Å². The third-order valence-electron chi connectivity index (χ3n) is 25.0. The van der Waals surface area contributed by atoms with Crippen molar-refractivity contribution in [3.8, 4) is 44.5 Å². The van der Waals surface area contributed by atoms with E-state index in [0.29, 0.717) is 0 Å². The summed E-state index contributed by atoms with van der Waals surface area (Å²) in [5, 5.41) is 24.7. The van der Waals surface area contributed by atoms with Crippen LogP contribution >= 0.6 is 0 Å². The van der Waals surface area contributed by atoms with Gasteiger partial charge < -0.3 is 18.3 Å². The smallest absolute Gasteiger partial charge is 0.0571 e. The van der Waals surface area contributed by atoms with Crippen molar-refractivity contribution in [2.45, 2.75) is 246 Å². The Hall–Kier alpha value is -12.8. The highest BCUT2D eigenvalue weighted by molar-refractivity contribution is 6.26. The summed E-state index contributed by atoms with van der Waals surface area (Å²) in [5.74, 6) is 0. The van der Waals surface area contributed by atoms with Gasteiger partial charge in [0.2, 0.25) is 0 Å². The third-order valence-corrected chi connectivity index (χ3v) is 25.0. The van der Waals surface area contributed by atoms with Crippen LogP contribution in [-0.2, 0) is 51.9 Å². The largest absolute Gasteiger partial charge is 0.341 e. The molecular weight excluding hydrogens is 1590 g/mol. The molecule has 0 N–H and O–H groups in total. The zero-order chi connectivity index (χ0) is 95.6. The summed E-state index contributed by atoms with van der Waals surface area (Å²) in [4.78, 5) is 0. The van der Waals surface area contributed by atoms with Gasteiger partial charge in [-0.05, 0) is 234 Å². The van der Waals surface area contributed by atoms with Crippen molar-refractivity contribution in [3.05, 3.63) is 348 Å². The summed E-state index contributed by atoms with van der Waals surface area (Å²) in [7, 11) is 0. The van der Waals surface area contributed by atoms with Crippen LogP contribution < -0.4 is 0 Å². The number of aromatic nitrogens is 4. The maximum atomic E-state index is 2.51. The molecule has 4 heteroatoms. The first kappa shape index (κ1) is 101. The highest BCUT2D eigenvalue weighted by atomic mass is 15.0. The third kappa shape index (κ3) is 18.3. The first-order valence-corrected chi connectivity index (χ1v) is 51.0. The SMILES string of the molecule is CC.CC.CC.CC.CC.CC.CC.CC.CC.CC.CC.CC.CCn1c2cc3ccccc3cc2c2c3c(ccc21)-c1ccccc1C3.CCn1c2ccc3c(c2c2c4ccccc4ccc21)Cc1ccccc1-3.CCn1c2ccc3c(c2c2ccc4ccccc4c21)-c1cc2ccccc2cc1C3.CCn1c2ccc3c(c2c2ccc4ccccc4c21)Cc1ccccc1-3. The molecule has 0 atom stereocenters. The fourth-order valence-electron chi connectivity index (χ4n) is 20.3. The number of fused-ring (bicyclic) bond motifs is 36. The molecule has 0 aliphatic heterocycles. The Morgan fingerprint density at radius 1 is 0.174 bits per heavy atom. The molecule has 21 aromatic rings. The molecule has 25 rings (SSSR count). The first-order chi connectivity index (χ1) is 65.4. The maximum Gasteiger partial charge on any atom is 0.0571 e. The number of hydrogen-bond donors (Lipinski definition) is 0. The maximum absolute atomic E-state index is 2.51. The second-order valence-electron chi connectivity index (χ2n) is 30.2. The van der Waals surface area contributed by atoms with E-state index in [2.05, 4.69) is 349 Å². The molecule has 0 radical (unpaired) electrons. The van der Waals surface area contributed by atoms with Crippen molar-refractivity contribution in [2.24, 2.45) is 0 Å². The molecule has 4 aliphatic carbocycles. The molecule has 0 bridgehead atoms. The van der Waals surface area contributed by atoms with Crippen LogP contribution in [0.15, 0.2) is 303 Å². The van der Waals surface area contributed by atoms with Gasteiger partial charge in [0.15, 0.2) is 0 Å². The predicted molar refractivity (Wildman–Crippen MR) is 597 cm³/mol. The Kier molecular flexibility index (Phi) is 37.2. The van der Waals surface area contributed by atoms with Crippen molar-refractivity contribution in [1.29, 1.82) is 0 Å². The van der Waals surface area contributed by atoms with E-state index in [1.807, 2.05) is 166 Å². The predicted octanol–water partition coefficient (Wildman–Crippen LogP) is 39.6. The topological polar surface area (TPSA) is 19.7 Å². The molecule has 0 saturated heterocycles. The van der Waals surface area contributed by atoms with Gasteiger partial charge in [-0.15, -0.1) is 0 Å². The molecule has 4 aliphatic rings. The Morgan fingerprint density at radius 3 is 0.924 bits per heavy atom. The zero-order valence-electron chi connectivity index (χ0n) is 85.3. The van der Waals surface area contributed by atoms with Gasteiger partial charge in [-0.1, -0.05) is 421 Å². The molecule has 4 aromatic heterocycles. The molecular formula is C128H150N4. The van der Waals surface area contributed by atoms with Crippen LogP contribution in [0.1, 0.15) is 238 Å². The summed E-state index contributed by atoms with van der Waals surface area (Å²) < 4.78 is 9.95. The minimum Gasteiger partial charge on any atom is -0.341 e. The average molecular weight is 1740 g/mol. The van der Waals surface area contributed by atoms with Gasteiger partial charge in [0.25, 0.3) is 0 Å². The van der Waals surface area contributed by atoms with Gasteiger partial charge in [-0.2, -0.15) is 0 Å². The van der Waals surface area contributed by atoms with Gasteiger partial charge in [0.1, 0.15) is 0 Å². The van der Waals surface area contributed by atoms with Gasteiger partial charge >= 0.3 is 0 Å². The van der Waals surface area contributed by atoms with Crippen LogP contribution in [0.4, 0.5) is 0 Å². The van der Waals surface area contributed by atoms with E-state index in [0.717, 1.165) is 51.9 Å². The van der Waals surface area contributed by atoms with Crippen LogP contribution in [0, 0.1) is 0 Å². The highest BCUT2D eigenvalue weighted by Crippen LogP contribution is 2.51. The Morgan fingerprint density at radius 2 is 0.477 bits per heavy atom. The summed E-state index contributed by atoms with van der Waals surface area (Å²) in [6, 6.07) is 112. The molecule has 0 fully saturated rings. The second-order valence-corrected chi connectivity index (χ2v) is 30.2. The minimum absolute atomic E-state index is 0.970. The Balaban J connectivity index is 0.000000170. The lowest BCUT2D eigenvalue weighted by atomic mass is 9.96. The highest BCUT2D eigenvalue weighted by Gasteiger charge is 2.30. The van der Waals surface area contributed by atoms with Crippen molar-refractivity contribution in [3.63, 3.8) is 0 Å². The molecule has 0 spiro atoms. The number of hydrogen-bond acceptors (Lipinski definition) is 0. The normalized spacial score (nSPS) is 11.0. The van der Waals surface area contributed by atoms with E-state index in [4.69, 9.17) is 0 Å². The summed E-state index contributed by atoms with van der Waals surface area (Å²) >= 11 is 0. The van der Waals surface area contributed by atoms with E-state index in [1.54, 1.807) is 0 Å². The summed E-state index contributed by atoms with van der Waals surface area (Å²) in [5.41, 5.74) is 34.0. The monoisotopic (exact) mass is 1740 g/mol. The zero-order valence-corrected chi connectivity index (χ0v) is 85.3. The quantitative estimate of drug-likeness (QED) is 0.167. The molecule has 0 unspecified atom stereocenters. The van der Waals surface area contributed by atoms with Crippen molar-refractivity contribution in [1.82, 2.24) is 18.3 Å². The van der Waals surface area contributed by atoms with Crippen molar-refractivity contribution < 1.29 is 0 Å². The molecule has 17 aromatic carbocycles. The summed E-state index contributed by atoms with van der Waals surface area (Å²) in [6.45, 7) is 60.9. The van der Waals surface area contributed by atoms with Gasteiger partial charge in [-0.3, -0.25) is 0 Å². The van der Waals surface area contributed by atoms with E-state index in [1.165, 1.54) is 230 Å². The van der Waals surface area contributed by atoms with Crippen LogP contribution in [0.2, 0.25) is 0 Å². The van der Waals surface area contributed by atoms with Gasteiger partial charge in [0.05, 0.1) is 11.0 Å². The molecule has 0 amide bonds. The fourth-order valence-corrected chi connectivity index (χ4v) is 20.3. The Bertz CT molecular complexity index is 7340. The molecule has 0 saturated carbocycles. The number of nitrogens with zero attached hydrogens (tertiary/aromatic N) is 4. The number of aryl methyl sites for hydroxylation is 4. The minimum atomic E-state index is 0.970. The van der Waals surface area contributed by atoms with Crippen molar-refractivity contribution in [2.75, 3.05) is 0 Å². The van der Waals surface area contributed by atoms with Crippen molar-refractivity contribution >= 4 is 141 Å². The van der Waals surface area contributed by atoms with Crippen LogP contribution in [0.25, 0.3) is 186 Å². The Labute approximate surface area is 792 Å². The lowest BCUT2D eigenvalue weighted by Gasteiger charge is -2.07. The number of rotatable bonds is 4. The van der Waals surface area contributed by atoms with E-state index >= 15 is 0 Å². The first-order valence-electron chi connectivity index (χ1n) is 51.0. The molecule has 4 nitrogen and oxygen atoms in total. The average Bonchev–Trinajstić information content (AvgIpc) is 1.58. The van der Waals surface area contributed by atoms with Gasteiger partial charge in [0, 0.05) is 113 Å².